The summed E-state index contributed by atoms with van der Waals surface area (Å²) in [6.45, 7) is 2.07. The minimum Gasteiger partial charge on any atom is -0.497 e. The quantitative estimate of drug-likeness (QED) is 0.748. The second kappa shape index (κ2) is 5.96. The molecule has 0 radical (unpaired) electrons. The van der Waals surface area contributed by atoms with Crippen LogP contribution in [-0.2, 0) is 12.8 Å². The molecule has 1 unspecified atom stereocenters. The van der Waals surface area contributed by atoms with E-state index in [9.17, 15) is 0 Å². The van der Waals surface area contributed by atoms with Crippen molar-refractivity contribution in [2.24, 2.45) is 0 Å². The molecular weight excluding hydrogens is 248 g/mol. The highest BCUT2D eigenvalue weighted by atomic mass is 35.5. The van der Waals surface area contributed by atoms with Crippen LogP contribution in [0.25, 0.3) is 0 Å². The van der Waals surface area contributed by atoms with Gasteiger partial charge < -0.3 is 9.15 Å². The predicted molar refractivity (Wildman–Crippen MR) is 73.4 cm³/mol. The number of hydrogen-bond donors (Lipinski definition) is 0. The van der Waals surface area contributed by atoms with Crippen LogP contribution >= 0.6 is 11.6 Å². The molecule has 2 nitrogen and oxygen atoms in total. The van der Waals surface area contributed by atoms with Crippen LogP contribution in [0.15, 0.2) is 41.0 Å². The van der Waals surface area contributed by atoms with Crippen molar-refractivity contribution in [3.8, 4) is 5.75 Å². The fraction of sp³-hybridized carbons (Fsp3) is 0.333. The molecule has 0 aliphatic heterocycles. The molecular formula is C15H17ClO2. The van der Waals surface area contributed by atoms with Crippen molar-refractivity contribution in [1.29, 1.82) is 0 Å². The molecule has 1 atom stereocenters. The Kier molecular flexibility index (Phi) is 4.32. The first-order chi connectivity index (χ1) is 8.74. The Morgan fingerprint density at radius 1 is 1.22 bits per heavy atom. The Balaban J connectivity index is 2.08. The van der Waals surface area contributed by atoms with Gasteiger partial charge in [0.25, 0.3) is 0 Å². The van der Waals surface area contributed by atoms with Crippen LogP contribution in [0.4, 0.5) is 0 Å². The smallest absolute Gasteiger partial charge is 0.118 e. The number of ether oxygens (including phenoxy) is 1. The van der Waals surface area contributed by atoms with Crippen molar-refractivity contribution in [3.63, 3.8) is 0 Å². The minimum atomic E-state index is -0.0490. The summed E-state index contributed by atoms with van der Waals surface area (Å²) >= 11 is 6.45. The molecule has 0 saturated heterocycles. The second-order valence-electron chi connectivity index (χ2n) is 4.17. The van der Waals surface area contributed by atoms with E-state index in [1.54, 1.807) is 13.4 Å². The Bertz CT molecular complexity index is 487. The molecule has 0 aliphatic rings. The van der Waals surface area contributed by atoms with Crippen molar-refractivity contribution in [2.75, 3.05) is 7.11 Å². The Hall–Kier alpha value is -1.41. The number of benzene rings is 1. The van der Waals surface area contributed by atoms with E-state index in [-0.39, 0.29) is 5.38 Å². The molecule has 1 aromatic heterocycles. The number of alkyl halides is 1. The second-order valence-corrected chi connectivity index (χ2v) is 4.70. The van der Waals surface area contributed by atoms with Crippen LogP contribution in [0.1, 0.15) is 29.2 Å². The number of aryl methyl sites for hydroxylation is 1. The molecule has 0 N–H and O–H groups in total. The molecule has 0 spiro atoms. The van der Waals surface area contributed by atoms with Gasteiger partial charge in [0, 0.05) is 12.0 Å². The van der Waals surface area contributed by atoms with E-state index in [1.807, 2.05) is 30.3 Å². The summed E-state index contributed by atoms with van der Waals surface area (Å²) in [6, 6.07) is 9.95. The standard InChI is InChI=1S/C15H17ClO2/c1-3-15-13(8-9-18-15)14(16)10-11-4-6-12(17-2)7-5-11/h4-9,14H,3,10H2,1-2H3. The van der Waals surface area contributed by atoms with Crippen molar-refractivity contribution in [3.05, 3.63) is 53.5 Å². The average molecular weight is 265 g/mol. The lowest BCUT2D eigenvalue weighted by Gasteiger charge is -2.10. The Labute approximate surface area is 113 Å². The zero-order valence-electron chi connectivity index (χ0n) is 10.7. The number of hydrogen-bond acceptors (Lipinski definition) is 2. The van der Waals surface area contributed by atoms with Gasteiger partial charge in [0.1, 0.15) is 11.5 Å². The molecule has 0 fully saturated rings. The van der Waals surface area contributed by atoms with Gasteiger partial charge in [-0.2, -0.15) is 0 Å². The molecule has 18 heavy (non-hydrogen) atoms. The van der Waals surface area contributed by atoms with E-state index in [1.165, 1.54) is 5.56 Å². The monoisotopic (exact) mass is 264 g/mol. The SMILES string of the molecule is CCc1occc1C(Cl)Cc1ccc(OC)cc1. The van der Waals surface area contributed by atoms with Gasteiger partial charge in [0.15, 0.2) is 0 Å². The largest absolute Gasteiger partial charge is 0.497 e. The lowest BCUT2D eigenvalue weighted by atomic mass is 10.0. The highest BCUT2D eigenvalue weighted by Crippen LogP contribution is 2.29. The molecule has 2 rings (SSSR count). The zero-order valence-corrected chi connectivity index (χ0v) is 11.4. The highest BCUT2D eigenvalue weighted by Gasteiger charge is 2.15. The van der Waals surface area contributed by atoms with Crippen molar-refractivity contribution < 1.29 is 9.15 Å². The highest BCUT2D eigenvalue weighted by molar-refractivity contribution is 6.21. The van der Waals surface area contributed by atoms with Crippen molar-refractivity contribution in [1.82, 2.24) is 0 Å². The average Bonchev–Trinajstić information content (AvgIpc) is 2.88. The van der Waals surface area contributed by atoms with Crippen LogP contribution < -0.4 is 4.74 Å². The van der Waals surface area contributed by atoms with Gasteiger partial charge in [-0.25, -0.2) is 0 Å². The number of furan rings is 1. The van der Waals surface area contributed by atoms with Crippen LogP contribution in [0, 0.1) is 0 Å². The lowest BCUT2D eigenvalue weighted by molar-refractivity contribution is 0.414. The Morgan fingerprint density at radius 3 is 2.56 bits per heavy atom. The van der Waals surface area contributed by atoms with Gasteiger partial charge in [-0.3, -0.25) is 0 Å². The number of halogens is 1. The molecule has 2 aromatic rings. The number of rotatable bonds is 5. The first-order valence-electron chi connectivity index (χ1n) is 6.07. The summed E-state index contributed by atoms with van der Waals surface area (Å²) in [4.78, 5) is 0. The van der Waals surface area contributed by atoms with Crippen LogP contribution in [0.3, 0.4) is 0 Å². The van der Waals surface area contributed by atoms with E-state index in [0.29, 0.717) is 0 Å². The van der Waals surface area contributed by atoms with Gasteiger partial charge in [-0.1, -0.05) is 19.1 Å². The molecule has 0 saturated carbocycles. The summed E-state index contributed by atoms with van der Waals surface area (Å²) in [5, 5.41) is -0.0490. The third-order valence-electron chi connectivity index (χ3n) is 3.01. The maximum Gasteiger partial charge on any atom is 0.118 e. The van der Waals surface area contributed by atoms with Crippen molar-refractivity contribution >= 4 is 11.6 Å². The van der Waals surface area contributed by atoms with Crippen LogP contribution in [0.2, 0.25) is 0 Å². The summed E-state index contributed by atoms with van der Waals surface area (Å²) in [5.41, 5.74) is 2.29. The van der Waals surface area contributed by atoms with Gasteiger partial charge in [0.2, 0.25) is 0 Å². The first kappa shape index (κ1) is 13.0. The van der Waals surface area contributed by atoms with E-state index < -0.39 is 0 Å². The van der Waals surface area contributed by atoms with Crippen LogP contribution in [0.5, 0.6) is 5.75 Å². The van der Waals surface area contributed by atoms with E-state index >= 15 is 0 Å². The van der Waals surface area contributed by atoms with Gasteiger partial charge in [-0.05, 0) is 30.2 Å². The third kappa shape index (κ3) is 2.88. The normalized spacial score (nSPS) is 12.4. The maximum absolute atomic E-state index is 6.45. The zero-order chi connectivity index (χ0) is 13.0. The Morgan fingerprint density at radius 2 is 1.94 bits per heavy atom. The molecule has 96 valence electrons. The minimum absolute atomic E-state index is 0.0490. The molecule has 3 heteroatoms. The maximum atomic E-state index is 6.45. The van der Waals surface area contributed by atoms with Crippen LogP contribution in [-0.4, -0.2) is 7.11 Å². The summed E-state index contributed by atoms with van der Waals surface area (Å²) in [6.07, 6.45) is 3.36. The molecule has 0 amide bonds. The van der Waals surface area contributed by atoms with Gasteiger partial charge >= 0.3 is 0 Å². The summed E-state index contributed by atoms with van der Waals surface area (Å²) in [7, 11) is 1.67. The predicted octanol–water partition coefficient (Wildman–Crippen LogP) is 4.37. The van der Waals surface area contributed by atoms with Gasteiger partial charge in [-0.15, -0.1) is 11.6 Å². The molecule has 1 aromatic carbocycles. The molecule has 0 bridgehead atoms. The lowest BCUT2D eigenvalue weighted by Crippen LogP contribution is -1.97. The molecule has 0 aliphatic carbocycles. The van der Waals surface area contributed by atoms with Crippen molar-refractivity contribution in [2.45, 2.75) is 25.1 Å². The summed E-state index contributed by atoms with van der Waals surface area (Å²) < 4.78 is 10.5. The van der Waals surface area contributed by atoms with E-state index in [2.05, 4.69) is 6.92 Å². The first-order valence-corrected chi connectivity index (χ1v) is 6.51. The molecule has 1 heterocycles. The van der Waals surface area contributed by atoms with Gasteiger partial charge in [0.05, 0.1) is 18.8 Å². The number of methoxy groups -OCH3 is 1. The fourth-order valence-electron chi connectivity index (χ4n) is 2.00. The van der Waals surface area contributed by atoms with E-state index in [4.69, 9.17) is 20.8 Å². The fourth-order valence-corrected chi connectivity index (χ4v) is 2.37. The topological polar surface area (TPSA) is 22.4 Å². The third-order valence-corrected chi connectivity index (χ3v) is 3.40. The van der Waals surface area contributed by atoms with E-state index in [0.717, 1.165) is 29.9 Å². The summed E-state index contributed by atoms with van der Waals surface area (Å²) in [5.74, 6) is 1.84.